The molecule has 0 bridgehead atoms. The Balaban J connectivity index is 2.07. The zero-order valence-electron chi connectivity index (χ0n) is 11.8. The lowest BCUT2D eigenvalue weighted by Gasteiger charge is -2.30. The zero-order chi connectivity index (χ0) is 13.7. The summed E-state index contributed by atoms with van der Waals surface area (Å²) >= 11 is 5.79. The van der Waals surface area contributed by atoms with Crippen LogP contribution in [0.3, 0.4) is 0 Å². The minimum atomic E-state index is 0.419. The lowest BCUT2D eigenvalue weighted by Crippen LogP contribution is -2.32. The van der Waals surface area contributed by atoms with E-state index in [9.17, 15) is 0 Å². The van der Waals surface area contributed by atoms with Crippen molar-refractivity contribution >= 4 is 33.4 Å². The molecule has 2 nitrogen and oxygen atoms in total. The van der Waals surface area contributed by atoms with Gasteiger partial charge in [-0.1, -0.05) is 13.0 Å². The fraction of sp³-hybridized carbons (Fsp3) is 0.600. The Kier molecular flexibility index (Phi) is 6.05. The Bertz CT molecular complexity index is 405. The molecule has 1 aromatic carbocycles. The van der Waals surface area contributed by atoms with Crippen molar-refractivity contribution < 1.29 is 0 Å². The summed E-state index contributed by atoms with van der Waals surface area (Å²) in [4.78, 5) is 2.48. The Morgan fingerprint density at radius 3 is 2.74 bits per heavy atom. The van der Waals surface area contributed by atoms with Gasteiger partial charge in [-0.05, 0) is 53.5 Å². The molecular formula is C15H23BrN2S. The first-order valence-corrected chi connectivity index (χ1v) is 9.02. The molecule has 1 atom stereocenters. The Labute approximate surface area is 129 Å². The van der Waals surface area contributed by atoms with Gasteiger partial charge in [0, 0.05) is 35.1 Å². The van der Waals surface area contributed by atoms with Crippen molar-refractivity contribution in [3.05, 3.63) is 28.2 Å². The molecule has 1 fully saturated rings. The molecule has 1 heterocycles. The van der Waals surface area contributed by atoms with Gasteiger partial charge in [0.15, 0.2) is 0 Å². The number of thioether (sulfide) groups is 1. The molecular weight excluding hydrogens is 320 g/mol. The molecule has 1 aromatic rings. The highest BCUT2D eigenvalue weighted by Gasteiger charge is 2.15. The molecule has 106 valence electrons. The minimum Gasteiger partial charge on any atom is -0.369 e. The highest BCUT2D eigenvalue weighted by atomic mass is 79.9. The Hall–Kier alpha value is -0.190. The van der Waals surface area contributed by atoms with E-state index in [1.54, 1.807) is 0 Å². The third kappa shape index (κ3) is 4.14. The van der Waals surface area contributed by atoms with Gasteiger partial charge in [-0.25, -0.2) is 0 Å². The smallest absolute Gasteiger partial charge is 0.0511 e. The number of hydrogen-bond acceptors (Lipinski definition) is 3. The fourth-order valence-electron chi connectivity index (χ4n) is 2.33. The van der Waals surface area contributed by atoms with Crippen LogP contribution >= 0.6 is 27.7 Å². The topological polar surface area (TPSA) is 15.3 Å². The lowest BCUT2D eigenvalue weighted by atomic mass is 10.1. The SMILES string of the molecule is CCCNC(C)c1ccc(N2CCSCC2)c(Br)c1. The summed E-state index contributed by atoms with van der Waals surface area (Å²) in [6, 6.07) is 7.21. The second-order valence-corrected chi connectivity index (χ2v) is 7.07. The van der Waals surface area contributed by atoms with Crippen LogP contribution in [0.2, 0.25) is 0 Å². The third-order valence-corrected chi connectivity index (χ3v) is 5.10. The maximum absolute atomic E-state index is 3.74. The van der Waals surface area contributed by atoms with Crippen molar-refractivity contribution in [2.24, 2.45) is 0 Å². The normalized spacial score (nSPS) is 17.5. The number of rotatable bonds is 5. The van der Waals surface area contributed by atoms with Crippen LogP contribution in [0.4, 0.5) is 5.69 Å². The Morgan fingerprint density at radius 1 is 1.37 bits per heavy atom. The quantitative estimate of drug-likeness (QED) is 0.868. The second-order valence-electron chi connectivity index (χ2n) is 4.99. The van der Waals surface area contributed by atoms with Crippen LogP contribution in [0.5, 0.6) is 0 Å². The first-order chi connectivity index (χ1) is 9.22. The Morgan fingerprint density at radius 2 is 2.11 bits per heavy atom. The lowest BCUT2D eigenvalue weighted by molar-refractivity contribution is 0.570. The van der Waals surface area contributed by atoms with E-state index in [4.69, 9.17) is 0 Å². The number of benzene rings is 1. The van der Waals surface area contributed by atoms with E-state index in [0.717, 1.165) is 19.6 Å². The number of nitrogens with zero attached hydrogens (tertiary/aromatic N) is 1. The molecule has 0 spiro atoms. The van der Waals surface area contributed by atoms with E-state index in [1.807, 2.05) is 11.8 Å². The largest absolute Gasteiger partial charge is 0.369 e. The van der Waals surface area contributed by atoms with Gasteiger partial charge in [-0.2, -0.15) is 11.8 Å². The van der Waals surface area contributed by atoms with Crippen molar-refractivity contribution in [3.63, 3.8) is 0 Å². The van der Waals surface area contributed by atoms with Crippen LogP contribution in [0.1, 0.15) is 31.9 Å². The summed E-state index contributed by atoms with van der Waals surface area (Å²) in [6.07, 6.45) is 1.18. The molecule has 0 amide bonds. The molecule has 0 saturated carbocycles. The van der Waals surface area contributed by atoms with Gasteiger partial charge in [0.05, 0.1) is 5.69 Å². The van der Waals surface area contributed by atoms with E-state index >= 15 is 0 Å². The second kappa shape index (κ2) is 7.55. The summed E-state index contributed by atoms with van der Waals surface area (Å²) in [6.45, 7) is 7.82. The summed E-state index contributed by atoms with van der Waals surface area (Å²) < 4.78 is 1.22. The zero-order valence-corrected chi connectivity index (χ0v) is 14.2. The minimum absolute atomic E-state index is 0.419. The predicted molar refractivity (Wildman–Crippen MR) is 90.4 cm³/mol. The standard InChI is InChI=1S/C15H23BrN2S/c1-3-6-17-12(2)13-4-5-15(14(16)11-13)18-7-9-19-10-8-18/h4-5,11-12,17H,3,6-10H2,1-2H3. The summed E-state index contributed by atoms with van der Waals surface area (Å²) in [5, 5.41) is 3.54. The van der Waals surface area contributed by atoms with Crippen LogP contribution in [-0.2, 0) is 0 Å². The average Bonchev–Trinajstić information content (AvgIpc) is 2.45. The maximum atomic E-state index is 3.74. The van der Waals surface area contributed by atoms with E-state index in [1.165, 1.54) is 33.7 Å². The van der Waals surface area contributed by atoms with Crippen LogP contribution < -0.4 is 10.2 Å². The molecule has 19 heavy (non-hydrogen) atoms. The molecule has 1 unspecified atom stereocenters. The molecule has 1 aliphatic heterocycles. The van der Waals surface area contributed by atoms with Crippen molar-refractivity contribution in [1.82, 2.24) is 5.32 Å². The third-order valence-electron chi connectivity index (χ3n) is 3.52. The number of hydrogen-bond donors (Lipinski definition) is 1. The monoisotopic (exact) mass is 342 g/mol. The van der Waals surface area contributed by atoms with E-state index < -0.39 is 0 Å². The van der Waals surface area contributed by atoms with Gasteiger partial charge >= 0.3 is 0 Å². The van der Waals surface area contributed by atoms with Gasteiger partial charge in [-0.15, -0.1) is 0 Å². The van der Waals surface area contributed by atoms with Crippen LogP contribution in [0, 0.1) is 0 Å². The van der Waals surface area contributed by atoms with E-state index in [0.29, 0.717) is 6.04 Å². The average molecular weight is 343 g/mol. The first kappa shape index (κ1) is 15.2. The van der Waals surface area contributed by atoms with E-state index in [-0.39, 0.29) is 0 Å². The summed E-state index contributed by atoms with van der Waals surface area (Å²) in [7, 11) is 0. The van der Waals surface area contributed by atoms with Crippen molar-refractivity contribution in [1.29, 1.82) is 0 Å². The number of nitrogens with one attached hydrogen (secondary N) is 1. The molecule has 1 N–H and O–H groups in total. The van der Waals surface area contributed by atoms with E-state index in [2.05, 4.69) is 58.2 Å². The highest BCUT2D eigenvalue weighted by Crippen LogP contribution is 2.30. The molecule has 1 aliphatic rings. The first-order valence-electron chi connectivity index (χ1n) is 7.08. The molecule has 1 saturated heterocycles. The maximum Gasteiger partial charge on any atom is 0.0511 e. The molecule has 4 heteroatoms. The van der Waals surface area contributed by atoms with Crippen LogP contribution in [0.15, 0.2) is 22.7 Å². The van der Waals surface area contributed by atoms with Crippen molar-refractivity contribution in [2.75, 3.05) is 36.0 Å². The van der Waals surface area contributed by atoms with Crippen LogP contribution in [-0.4, -0.2) is 31.1 Å². The van der Waals surface area contributed by atoms with Gasteiger partial charge in [-0.3, -0.25) is 0 Å². The number of anilines is 1. The summed E-state index contributed by atoms with van der Waals surface area (Å²) in [5.41, 5.74) is 2.70. The van der Waals surface area contributed by atoms with Gasteiger partial charge in [0.1, 0.15) is 0 Å². The summed E-state index contributed by atoms with van der Waals surface area (Å²) in [5.74, 6) is 2.48. The van der Waals surface area contributed by atoms with Gasteiger partial charge < -0.3 is 10.2 Å². The number of halogens is 1. The van der Waals surface area contributed by atoms with Crippen molar-refractivity contribution in [3.8, 4) is 0 Å². The molecule has 0 aliphatic carbocycles. The van der Waals surface area contributed by atoms with Crippen LogP contribution in [0.25, 0.3) is 0 Å². The molecule has 2 rings (SSSR count). The highest BCUT2D eigenvalue weighted by molar-refractivity contribution is 9.10. The molecule has 0 radical (unpaired) electrons. The molecule has 0 aromatic heterocycles. The fourth-order valence-corrected chi connectivity index (χ4v) is 3.88. The van der Waals surface area contributed by atoms with Gasteiger partial charge in [0.25, 0.3) is 0 Å². The predicted octanol–water partition coefficient (Wildman–Crippen LogP) is 4.06. The van der Waals surface area contributed by atoms with Crippen molar-refractivity contribution in [2.45, 2.75) is 26.3 Å². The van der Waals surface area contributed by atoms with Gasteiger partial charge in [0.2, 0.25) is 0 Å².